The summed E-state index contributed by atoms with van der Waals surface area (Å²) < 4.78 is 6.32. The van der Waals surface area contributed by atoms with Crippen LogP contribution < -0.4 is 4.74 Å². The molecule has 0 radical (unpaired) electrons. The molecule has 0 aliphatic heterocycles. The summed E-state index contributed by atoms with van der Waals surface area (Å²) in [5.74, 6) is 0.959. The molecule has 0 N–H and O–H groups in total. The van der Waals surface area contributed by atoms with Gasteiger partial charge >= 0.3 is 0 Å². The molecule has 0 unspecified atom stereocenters. The highest BCUT2D eigenvalue weighted by molar-refractivity contribution is 14.1. The van der Waals surface area contributed by atoms with Gasteiger partial charge in [0.25, 0.3) is 0 Å². The van der Waals surface area contributed by atoms with Gasteiger partial charge in [-0.3, -0.25) is 0 Å². The summed E-state index contributed by atoms with van der Waals surface area (Å²) in [7, 11) is 1.69. The first-order valence-corrected chi connectivity index (χ1v) is 4.12. The molecule has 54 valence electrons. The van der Waals surface area contributed by atoms with Crippen LogP contribution in [0.3, 0.4) is 0 Å². The number of rotatable bonds is 1. The van der Waals surface area contributed by atoms with E-state index in [1.165, 1.54) is 9.13 Å². The summed E-state index contributed by atoms with van der Waals surface area (Å²) in [6, 6.07) is 6.04. The lowest BCUT2D eigenvalue weighted by Crippen LogP contribution is -1.87. The van der Waals surface area contributed by atoms with E-state index in [2.05, 4.69) is 35.6 Å². The fourth-order valence-corrected chi connectivity index (χ4v) is 1.36. The second-order valence-corrected chi connectivity index (χ2v) is 3.17. The fourth-order valence-electron chi connectivity index (χ4n) is 0.778. The van der Waals surface area contributed by atoms with Gasteiger partial charge in [0.05, 0.1) is 10.7 Å². The van der Waals surface area contributed by atoms with E-state index in [9.17, 15) is 0 Å². The molecule has 0 fully saturated rings. The number of hydrogen-bond donors (Lipinski definition) is 0. The van der Waals surface area contributed by atoms with E-state index in [1.54, 1.807) is 7.11 Å². The zero-order valence-corrected chi connectivity index (χ0v) is 8.18. The summed E-state index contributed by atoms with van der Waals surface area (Å²) in [4.78, 5) is 0. The number of methoxy groups -OCH3 is 1. The first-order chi connectivity index (χ1) is 4.75. The number of hydrogen-bond acceptors (Lipinski definition) is 1. The fraction of sp³-hybridized carbons (Fsp3) is 0.250. The van der Waals surface area contributed by atoms with Crippen LogP contribution in [0.2, 0.25) is 0 Å². The number of ether oxygens (including phenoxy) is 1. The number of benzene rings is 1. The van der Waals surface area contributed by atoms with Crippen LogP contribution in [-0.2, 0) is 0 Å². The molecule has 10 heavy (non-hydrogen) atoms. The van der Waals surface area contributed by atoms with Gasteiger partial charge in [0.2, 0.25) is 0 Å². The highest BCUT2D eigenvalue weighted by atomic mass is 127. The lowest BCUT2D eigenvalue weighted by Gasteiger charge is -2.03. The minimum atomic E-state index is 0.959. The van der Waals surface area contributed by atoms with Crippen molar-refractivity contribution in [2.24, 2.45) is 0 Å². The molecule has 0 aliphatic carbocycles. The summed E-state index contributed by atoms with van der Waals surface area (Å²) >= 11 is 2.28. The van der Waals surface area contributed by atoms with Crippen LogP contribution >= 0.6 is 22.6 Å². The summed E-state index contributed by atoms with van der Waals surface area (Å²) in [6.45, 7) is 2.07. The van der Waals surface area contributed by atoms with Crippen molar-refractivity contribution in [3.63, 3.8) is 0 Å². The molecule has 1 nitrogen and oxygen atoms in total. The van der Waals surface area contributed by atoms with Crippen molar-refractivity contribution in [2.45, 2.75) is 6.92 Å². The van der Waals surface area contributed by atoms with E-state index in [0.717, 1.165) is 5.75 Å². The largest absolute Gasteiger partial charge is 0.496 e. The molecule has 0 saturated heterocycles. The Bertz CT molecular complexity index is 233. The standard InChI is InChI=1S/C8H9IO/c1-6-4-3-5-7(10-2)8(6)9/h3-5H,1-2H3. The van der Waals surface area contributed by atoms with Crippen molar-refractivity contribution >= 4 is 22.6 Å². The molecule has 0 bridgehead atoms. The Morgan fingerprint density at radius 1 is 1.40 bits per heavy atom. The Morgan fingerprint density at radius 2 is 2.10 bits per heavy atom. The van der Waals surface area contributed by atoms with E-state index < -0.39 is 0 Å². The average molecular weight is 248 g/mol. The Kier molecular flexibility index (Phi) is 2.54. The second-order valence-electron chi connectivity index (χ2n) is 2.09. The van der Waals surface area contributed by atoms with Gasteiger partial charge in [0.1, 0.15) is 5.75 Å². The molecule has 1 aromatic carbocycles. The van der Waals surface area contributed by atoms with Crippen molar-refractivity contribution in [1.82, 2.24) is 0 Å². The average Bonchev–Trinajstić information content (AvgIpc) is 1.95. The van der Waals surface area contributed by atoms with Gasteiger partial charge in [0.15, 0.2) is 0 Å². The molecule has 0 atom stereocenters. The molecule has 0 spiro atoms. The van der Waals surface area contributed by atoms with Gasteiger partial charge in [-0.15, -0.1) is 0 Å². The van der Waals surface area contributed by atoms with E-state index in [4.69, 9.17) is 4.74 Å². The third-order valence-electron chi connectivity index (χ3n) is 1.38. The molecule has 0 saturated carbocycles. The Morgan fingerprint density at radius 3 is 2.60 bits per heavy atom. The van der Waals surface area contributed by atoms with Crippen LogP contribution in [-0.4, -0.2) is 7.11 Å². The van der Waals surface area contributed by atoms with Crippen molar-refractivity contribution < 1.29 is 4.74 Å². The Hall–Kier alpha value is -0.250. The zero-order valence-electron chi connectivity index (χ0n) is 6.02. The third-order valence-corrected chi connectivity index (χ3v) is 2.76. The second kappa shape index (κ2) is 3.23. The Labute approximate surface area is 74.5 Å². The van der Waals surface area contributed by atoms with Crippen molar-refractivity contribution in [3.8, 4) is 5.75 Å². The predicted molar refractivity (Wildman–Crippen MR) is 50.4 cm³/mol. The quantitative estimate of drug-likeness (QED) is 0.694. The molecule has 0 aromatic heterocycles. The highest BCUT2D eigenvalue weighted by Crippen LogP contribution is 2.22. The molecule has 0 heterocycles. The lowest BCUT2D eigenvalue weighted by molar-refractivity contribution is 0.411. The predicted octanol–water partition coefficient (Wildman–Crippen LogP) is 2.61. The lowest BCUT2D eigenvalue weighted by atomic mass is 10.2. The van der Waals surface area contributed by atoms with Crippen molar-refractivity contribution in [3.05, 3.63) is 27.3 Å². The molecule has 2 heteroatoms. The minimum absolute atomic E-state index is 0.959. The monoisotopic (exact) mass is 248 g/mol. The SMILES string of the molecule is COc1cccc(C)c1I. The summed E-state index contributed by atoms with van der Waals surface area (Å²) in [5.41, 5.74) is 1.26. The third kappa shape index (κ3) is 1.42. The first-order valence-electron chi connectivity index (χ1n) is 3.05. The Balaban J connectivity index is 3.14. The normalized spacial score (nSPS) is 9.50. The van der Waals surface area contributed by atoms with E-state index >= 15 is 0 Å². The van der Waals surface area contributed by atoms with Gasteiger partial charge < -0.3 is 4.74 Å². The van der Waals surface area contributed by atoms with Crippen molar-refractivity contribution in [2.75, 3.05) is 7.11 Å². The number of halogens is 1. The van der Waals surface area contributed by atoms with Crippen LogP contribution in [0.15, 0.2) is 18.2 Å². The molecule has 0 aliphatic rings. The van der Waals surface area contributed by atoms with Gasteiger partial charge in [-0.05, 0) is 41.1 Å². The van der Waals surface area contributed by atoms with Crippen LogP contribution in [0.25, 0.3) is 0 Å². The van der Waals surface area contributed by atoms with Gasteiger partial charge in [-0.2, -0.15) is 0 Å². The smallest absolute Gasteiger partial charge is 0.132 e. The molecule has 0 amide bonds. The van der Waals surface area contributed by atoms with Crippen LogP contribution in [0.4, 0.5) is 0 Å². The molecule has 1 rings (SSSR count). The molecular weight excluding hydrogens is 239 g/mol. The van der Waals surface area contributed by atoms with Crippen LogP contribution in [0.1, 0.15) is 5.56 Å². The van der Waals surface area contributed by atoms with Crippen LogP contribution in [0, 0.1) is 10.5 Å². The van der Waals surface area contributed by atoms with E-state index in [1.807, 2.05) is 12.1 Å². The van der Waals surface area contributed by atoms with Crippen LogP contribution in [0.5, 0.6) is 5.75 Å². The van der Waals surface area contributed by atoms with Gasteiger partial charge in [0, 0.05) is 0 Å². The molecule has 1 aromatic rings. The summed E-state index contributed by atoms with van der Waals surface area (Å²) in [5, 5.41) is 0. The van der Waals surface area contributed by atoms with Gasteiger partial charge in [-0.1, -0.05) is 12.1 Å². The zero-order chi connectivity index (χ0) is 7.56. The maximum atomic E-state index is 5.12. The highest BCUT2D eigenvalue weighted by Gasteiger charge is 1.99. The topological polar surface area (TPSA) is 9.23 Å². The summed E-state index contributed by atoms with van der Waals surface area (Å²) in [6.07, 6.45) is 0. The van der Waals surface area contributed by atoms with E-state index in [0.29, 0.717) is 0 Å². The maximum Gasteiger partial charge on any atom is 0.132 e. The minimum Gasteiger partial charge on any atom is -0.496 e. The maximum absolute atomic E-state index is 5.12. The molecular formula is C8H9IO. The van der Waals surface area contributed by atoms with E-state index in [-0.39, 0.29) is 0 Å². The van der Waals surface area contributed by atoms with Gasteiger partial charge in [-0.25, -0.2) is 0 Å². The van der Waals surface area contributed by atoms with Crippen molar-refractivity contribution in [1.29, 1.82) is 0 Å². The first kappa shape index (κ1) is 7.85. The number of aryl methyl sites for hydroxylation is 1.